The summed E-state index contributed by atoms with van der Waals surface area (Å²) in [5, 5.41) is 0. The van der Waals surface area contributed by atoms with Gasteiger partial charge >= 0.3 is 0 Å². The van der Waals surface area contributed by atoms with Gasteiger partial charge in [-0.25, -0.2) is 0 Å². The first kappa shape index (κ1) is 21.0. The molecule has 1 aromatic rings. The van der Waals surface area contributed by atoms with E-state index >= 15 is 0 Å². The highest BCUT2D eigenvalue weighted by molar-refractivity contribution is 5.56. The molecular weight excluding hydrogens is 366 g/mol. The van der Waals surface area contributed by atoms with Crippen LogP contribution in [-0.2, 0) is 21.3 Å². The Morgan fingerprint density at radius 2 is 1.93 bits per heavy atom. The van der Waals surface area contributed by atoms with Crippen molar-refractivity contribution in [2.45, 2.75) is 70.1 Å². The van der Waals surface area contributed by atoms with Crippen molar-refractivity contribution in [2.24, 2.45) is 5.92 Å². The predicted molar refractivity (Wildman–Crippen MR) is 114 cm³/mol. The molecule has 0 amide bonds. The molecule has 3 atom stereocenters. The number of benzene rings is 1. The van der Waals surface area contributed by atoms with Crippen LogP contribution in [0.2, 0.25) is 0 Å². The molecule has 0 spiro atoms. The Bertz CT molecular complexity index is 702. The Hall–Kier alpha value is -1.30. The van der Waals surface area contributed by atoms with Gasteiger partial charge in [0, 0.05) is 30.2 Å². The summed E-state index contributed by atoms with van der Waals surface area (Å²) >= 11 is 0. The van der Waals surface area contributed by atoms with Gasteiger partial charge in [0.15, 0.2) is 17.8 Å². The topological polar surface area (TPSA) is 40.2 Å². The van der Waals surface area contributed by atoms with Crippen molar-refractivity contribution in [3.63, 3.8) is 0 Å². The molecule has 2 aliphatic carbocycles. The molecule has 1 aliphatic heterocycles. The highest BCUT2D eigenvalue weighted by Crippen LogP contribution is 2.57. The fourth-order valence-corrected chi connectivity index (χ4v) is 6.22. The van der Waals surface area contributed by atoms with Crippen molar-refractivity contribution >= 4 is 0 Å². The van der Waals surface area contributed by atoms with Crippen LogP contribution in [0, 0.1) is 5.92 Å². The van der Waals surface area contributed by atoms with Crippen LogP contribution in [0.25, 0.3) is 0 Å². The van der Waals surface area contributed by atoms with E-state index in [2.05, 4.69) is 24.1 Å². The van der Waals surface area contributed by atoms with E-state index in [9.17, 15) is 0 Å². The minimum absolute atomic E-state index is 0.312. The maximum absolute atomic E-state index is 6.38. The molecule has 1 aromatic carbocycles. The van der Waals surface area contributed by atoms with Crippen LogP contribution >= 0.6 is 0 Å². The number of rotatable bonds is 8. The summed E-state index contributed by atoms with van der Waals surface area (Å²) in [4.78, 5) is 2.59. The molecule has 1 saturated carbocycles. The molecule has 0 aromatic heterocycles. The molecule has 3 aliphatic rings. The maximum Gasteiger partial charge on any atom is 0.191 e. The Morgan fingerprint density at radius 3 is 2.66 bits per heavy atom. The molecule has 1 saturated heterocycles. The zero-order chi connectivity index (χ0) is 20.4. The van der Waals surface area contributed by atoms with Gasteiger partial charge < -0.3 is 23.8 Å². The molecule has 29 heavy (non-hydrogen) atoms. The third-order valence-electron chi connectivity index (χ3n) is 7.50. The summed E-state index contributed by atoms with van der Waals surface area (Å²) in [6.07, 6.45) is 7.32. The number of fused-ring (bicyclic) bond motifs is 1. The van der Waals surface area contributed by atoms with Crippen LogP contribution in [0.4, 0.5) is 0 Å². The zero-order valence-corrected chi connectivity index (χ0v) is 18.5. The predicted octanol–water partition coefficient (Wildman–Crippen LogP) is 4.16. The second kappa shape index (κ2) is 8.83. The van der Waals surface area contributed by atoms with Gasteiger partial charge in [-0.05, 0) is 70.7 Å². The van der Waals surface area contributed by atoms with Gasteiger partial charge in [-0.1, -0.05) is 18.9 Å². The lowest BCUT2D eigenvalue weighted by Crippen LogP contribution is -2.59. The Morgan fingerprint density at radius 1 is 1.14 bits per heavy atom. The molecule has 5 heteroatoms. The fraction of sp³-hybridized carbons (Fsp3) is 0.750. The van der Waals surface area contributed by atoms with Crippen molar-refractivity contribution in [1.29, 1.82) is 0 Å². The molecule has 0 radical (unpaired) electrons. The van der Waals surface area contributed by atoms with Crippen LogP contribution in [0.3, 0.4) is 0 Å². The smallest absolute Gasteiger partial charge is 0.191 e. The molecule has 162 valence electrons. The third-order valence-corrected chi connectivity index (χ3v) is 7.50. The molecule has 4 rings (SSSR count). The lowest BCUT2D eigenvalue weighted by Gasteiger charge is -2.58. The van der Waals surface area contributed by atoms with E-state index in [0.29, 0.717) is 31.3 Å². The van der Waals surface area contributed by atoms with E-state index in [0.717, 1.165) is 23.8 Å². The van der Waals surface area contributed by atoms with Gasteiger partial charge in [0.05, 0.1) is 7.11 Å². The summed E-state index contributed by atoms with van der Waals surface area (Å²) in [5.74, 6) is 2.49. The van der Waals surface area contributed by atoms with Crippen molar-refractivity contribution < 1.29 is 18.9 Å². The van der Waals surface area contributed by atoms with Crippen LogP contribution in [0.5, 0.6) is 11.5 Å². The normalized spacial score (nSPS) is 28.7. The summed E-state index contributed by atoms with van der Waals surface area (Å²) in [6, 6.07) is 5.05. The average Bonchev–Trinajstić information content (AvgIpc) is 2.74. The highest BCUT2D eigenvalue weighted by atomic mass is 16.7. The first-order chi connectivity index (χ1) is 14.1. The third kappa shape index (κ3) is 3.66. The van der Waals surface area contributed by atoms with E-state index in [1.54, 1.807) is 7.11 Å². The number of ether oxygens (including phenoxy) is 4. The van der Waals surface area contributed by atoms with Crippen molar-refractivity contribution in [3.05, 3.63) is 23.3 Å². The van der Waals surface area contributed by atoms with E-state index in [1.165, 1.54) is 49.8 Å². The van der Waals surface area contributed by atoms with E-state index in [-0.39, 0.29) is 6.29 Å². The monoisotopic (exact) mass is 403 g/mol. The zero-order valence-electron chi connectivity index (χ0n) is 18.5. The van der Waals surface area contributed by atoms with E-state index < -0.39 is 0 Å². The van der Waals surface area contributed by atoms with Gasteiger partial charge in [-0.3, -0.25) is 0 Å². The van der Waals surface area contributed by atoms with Gasteiger partial charge in [0.2, 0.25) is 0 Å². The minimum atomic E-state index is -0.350. The van der Waals surface area contributed by atoms with Crippen LogP contribution in [0.1, 0.15) is 57.1 Å². The van der Waals surface area contributed by atoms with Gasteiger partial charge in [0.25, 0.3) is 0 Å². The largest absolute Gasteiger partial charge is 0.493 e. The van der Waals surface area contributed by atoms with Crippen molar-refractivity contribution in [3.8, 4) is 11.5 Å². The number of likely N-dealkylation sites (N-methyl/N-ethyl adjacent to an activating group) is 1. The molecule has 5 nitrogen and oxygen atoms in total. The van der Waals surface area contributed by atoms with E-state index in [1.807, 2.05) is 13.8 Å². The van der Waals surface area contributed by atoms with Crippen LogP contribution in [-0.4, -0.2) is 57.8 Å². The number of hydrogen-bond donors (Lipinski definition) is 0. The molecule has 0 unspecified atom stereocenters. The number of likely N-dealkylation sites (tertiary alicyclic amines) is 1. The molecule has 2 fully saturated rings. The van der Waals surface area contributed by atoms with Gasteiger partial charge in [-0.2, -0.15) is 0 Å². The van der Waals surface area contributed by atoms with Crippen molar-refractivity contribution in [2.75, 3.05) is 40.5 Å². The first-order valence-electron chi connectivity index (χ1n) is 11.4. The summed E-state index contributed by atoms with van der Waals surface area (Å²) < 4.78 is 23.5. The lowest BCUT2D eigenvalue weighted by atomic mass is 9.52. The minimum Gasteiger partial charge on any atom is -0.493 e. The number of hydrogen-bond acceptors (Lipinski definition) is 5. The number of piperidine rings is 1. The summed E-state index contributed by atoms with van der Waals surface area (Å²) in [6.45, 7) is 6.75. The van der Waals surface area contributed by atoms with Gasteiger partial charge in [-0.15, -0.1) is 0 Å². The first-order valence-corrected chi connectivity index (χ1v) is 11.4. The number of methoxy groups -OCH3 is 1. The van der Waals surface area contributed by atoms with Gasteiger partial charge in [0.1, 0.15) is 6.61 Å². The summed E-state index contributed by atoms with van der Waals surface area (Å²) in [5.41, 5.74) is 3.18. The number of nitrogens with zero attached hydrogens (tertiary/aromatic N) is 1. The van der Waals surface area contributed by atoms with Crippen LogP contribution in [0.15, 0.2) is 12.1 Å². The maximum atomic E-state index is 6.38. The second-order valence-electron chi connectivity index (χ2n) is 8.78. The van der Waals surface area contributed by atoms with Crippen LogP contribution < -0.4 is 9.47 Å². The molecule has 0 N–H and O–H groups in total. The van der Waals surface area contributed by atoms with E-state index in [4.69, 9.17) is 18.9 Å². The summed E-state index contributed by atoms with van der Waals surface area (Å²) in [7, 11) is 4.03. The Labute approximate surface area is 175 Å². The fourth-order valence-electron chi connectivity index (χ4n) is 6.22. The quantitative estimate of drug-likeness (QED) is 0.610. The highest BCUT2D eigenvalue weighted by Gasteiger charge is 2.53. The Kier molecular flexibility index (Phi) is 6.38. The molecule has 2 bridgehead atoms. The van der Waals surface area contributed by atoms with Crippen molar-refractivity contribution in [1.82, 2.24) is 4.90 Å². The average molecular weight is 404 g/mol. The second-order valence-corrected chi connectivity index (χ2v) is 8.78. The Balaban J connectivity index is 1.71. The lowest BCUT2D eigenvalue weighted by molar-refractivity contribution is -0.152. The molecule has 1 heterocycles. The SMILES string of the molecule is CCOC(COc1c(OC)ccc2c1C[C@@H]1[C@@H]3CCCC[C@]23CCN1C)OCC. The molecular formula is C24H37NO4. The standard InChI is InChI=1S/C24H37NO4/c1-5-27-22(28-6-2)16-29-23-17-15-20-19-9-7-8-12-24(19,13-14-25(20)3)18(17)10-11-21(23)26-4/h10-11,19-20,22H,5-9,12-16H2,1-4H3/t19-,20+,24-/m0/s1.